The van der Waals surface area contributed by atoms with Crippen LogP contribution < -0.4 is 11.1 Å². The van der Waals surface area contributed by atoms with Gasteiger partial charge in [0, 0.05) is 18.3 Å². The van der Waals surface area contributed by atoms with Gasteiger partial charge in [0.1, 0.15) is 6.61 Å². The first-order chi connectivity index (χ1) is 11.6. The minimum atomic E-state index is -0.425. The van der Waals surface area contributed by atoms with Crippen LogP contribution in [0, 0.1) is 0 Å². The third kappa shape index (κ3) is 5.79. The molecule has 2 aromatic rings. The number of alkyl carbamates (subject to hydrolysis) is 1. The van der Waals surface area contributed by atoms with Crippen molar-refractivity contribution in [2.45, 2.75) is 38.5 Å². The van der Waals surface area contributed by atoms with Crippen molar-refractivity contribution in [1.82, 2.24) is 10.3 Å². The Morgan fingerprint density at radius 2 is 2.12 bits per heavy atom. The zero-order chi connectivity index (χ0) is 17.4. The molecule has 0 fully saturated rings. The quantitative estimate of drug-likeness (QED) is 0.766. The highest BCUT2D eigenvalue weighted by Crippen LogP contribution is 2.18. The number of hydrogen-bond acceptors (Lipinski definition) is 5. The number of benzene rings is 1. The maximum Gasteiger partial charge on any atom is 0.407 e. The summed E-state index contributed by atoms with van der Waals surface area (Å²) in [5.74, 6) is 0. The lowest BCUT2D eigenvalue weighted by molar-refractivity contribution is 0.137. The van der Waals surface area contributed by atoms with E-state index in [9.17, 15) is 4.79 Å². The molecule has 1 aromatic heterocycles. The van der Waals surface area contributed by atoms with Crippen molar-refractivity contribution in [3.63, 3.8) is 0 Å². The molecule has 128 valence electrons. The van der Waals surface area contributed by atoms with Crippen molar-refractivity contribution >= 4 is 23.0 Å². The summed E-state index contributed by atoms with van der Waals surface area (Å²) in [7, 11) is 0. The van der Waals surface area contributed by atoms with Crippen LogP contribution in [0.5, 0.6) is 0 Å². The number of ether oxygens (including phenoxy) is 1. The van der Waals surface area contributed by atoms with Crippen LogP contribution >= 0.6 is 11.3 Å². The second-order valence-electron chi connectivity index (χ2n) is 5.66. The van der Waals surface area contributed by atoms with Gasteiger partial charge in [-0.05, 0) is 30.9 Å². The highest BCUT2D eigenvalue weighted by atomic mass is 32.1. The molecule has 6 heteroatoms. The van der Waals surface area contributed by atoms with E-state index in [4.69, 9.17) is 10.5 Å². The number of amides is 1. The molecule has 0 saturated heterocycles. The predicted molar refractivity (Wildman–Crippen MR) is 97.6 cm³/mol. The first-order valence-electron chi connectivity index (χ1n) is 7.86. The zero-order valence-corrected chi connectivity index (χ0v) is 14.6. The largest absolute Gasteiger partial charge is 0.444 e. The van der Waals surface area contributed by atoms with Gasteiger partial charge < -0.3 is 15.8 Å². The average Bonchev–Trinajstić information content (AvgIpc) is 3.11. The van der Waals surface area contributed by atoms with Gasteiger partial charge in [0.15, 0.2) is 0 Å². The number of nitrogens with one attached hydrogen (secondary N) is 1. The molecule has 0 bridgehead atoms. The summed E-state index contributed by atoms with van der Waals surface area (Å²) < 4.78 is 5.15. The molecular weight excluding hydrogens is 322 g/mol. The van der Waals surface area contributed by atoms with Gasteiger partial charge in [-0.15, -0.1) is 11.3 Å². The van der Waals surface area contributed by atoms with Crippen LogP contribution in [0.25, 0.3) is 5.57 Å². The highest BCUT2D eigenvalue weighted by molar-refractivity contribution is 7.09. The van der Waals surface area contributed by atoms with E-state index in [-0.39, 0.29) is 18.7 Å². The maximum absolute atomic E-state index is 11.8. The molecule has 1 heterocycles. The Morgan fingerprint density at radius 3 is 2.79 bits per heavy atom. The van der Waals surface area contributed by atoms with Crippen LogP contribution in [-0.4, -0.2) is 23.2 Å². The number of aromatic nitrogens is 1. The van der Waals surface area contributed by atoms with Gasteiger partial charge in [0.25, 0.3) is 0 Å². The summed E-state index contributed by atoms with van der Waals surface area (Å²) >= 11 is 1.46. The van der Waals surface area contributed by atoms with Gasteiger partial charge in [0.2, 0.25) is 0 Å². The topological polar surface area (TPSA) is 77.2 Å². The minimum Gasteiger partial charge on any atom is -0.444 e. The molecule has 0 saturated carbocycles. The third-order valence-electron chi connectivity index (χ3n) is 3.70. The fraction of sp³-hybridized carbons (Fsp3) is 0.333. The Labute approximate surface area is 146 Å². The lowest BCUT2D eigenvalue weighted by atomic mass is 9.96. The SMILES string of the molecule is C=C(c1ccccc1)C(N)CCC(C)NC(=O)OCc1cncs1. The highest BCUT2D eigenvalue weighted by Gasteiger charge is 2.13. The van der Waals surface area contributed by atoms with E-state index in [1.807, 2.05) is 37.3 Å². The molecule has 0 spiro atoms. The maximum atomic E-state index is 11.8. The van der Waals surface area contributed by atoms with E-state index in [1.165, 1.54) is 11.3 Å². The molecule has 0 aliphatic rings. The molecule has 2 unspecified atom stereocenters. The summed E-state index contributed by atoms with van der Waals surface area (Å²) in [6.45, 7) is 6.26. The van der Waals surface area contributed by atoms with Crippen LogP contribution in [0.3, 0.4) is 0 Å². The summed E-state index contributed by atoms with van der Waals surface area (Å²) in [4.78, 5) is 16.6. The molecule has 0 aliphatic carbocycles. The lowest BCUT2D eigenvalue weighted by Crippen LogP contribution is -2.34. The van der Waals surface area contributed by atoms with E-state index >= 15 is 0 Å². The Hall–Kier alpha value is -2.18. The summed E-state index contributed by atoms with van der Waals surface area (Å²) in [5, 5.41) is 2.81. The van der Waals surface area contributed by atoms with Crippen LogP contribution in [-0.2, 0) is 11.3 Å². The van der Waals surface area contributed by atoms with Gasteiger partial charge in [-0.2, -0.15) is 0 Å². The standard InChI is InChI=1S/C18H23N3O2S/c1-13(21-18(22)23-11-16-10-20-12-24-16)8-9-17(19)14(2)15-6-4-3-5-7-15/h3-7,10,12-13,17H,2,8-9,11,19H2,1H3,(H,21,22). The number of hydrogen-bond donors (Lipinski definition) is 2. The smallest absolute Gasteiger partial charge is 0.407 e. The number of carbonyl (C=O) groups excluding carboxylic acids is 1. The molecule has 0 aliphatic heterocycles. The van der Waals surface area contributed by atoms with E-state index in [2.05, 4.69) is 16.9 Å². The lowest BCUT2D eigenvalue weighted by Gasteiger charge is -2.18. The first-order valence-corrected chi connectivity index (χ1v) is 8.74. The average molecular weight is 345 g/mol. The molecule has 1 amide bonds. The molecule has 1 aromatic carbocycles. The summed E-state index contributed by atoms with van der Waals surface area (Å²) in [6, 6.07) is 9.75. The fourth-order valence-electron chi connectivity index (χ4n) is 2.24. The molecule has 3 N–H and O–H groups in total. The van der Waals surface area contributed by atoms with E-state index in [1.54, 1.807) is 11.7 Å². The minimum absolute atomic E-state index is 0.0198. The van der Waals surface area contributed by atoms with Crippen molar-refractivity contribution in [2.75, 3.05) is 0 Å². The van der Waals surface area contributed by atoms with Crippen LogP contribution in [0.4, 0.5) is 4.79 Å². The van der Waals surface area contributed by atoms with Gasteiger partial charge in [-0.1, -0.05) is 36.9 Å². The van der Waals surface area contributed by atoms with Crippen molar-refractivity contribution in [3.8, 4) is 0 Å². The van der Waals surface area contributed by atoms with E-state index < -0.39 is 6.09 Å². The molecule has 5 nitrogen and oxygen atoms in total. The molecule has 24 heavy (non-hydrogen) atoms. The number of nitrogens with two attached hydrogens (primary N) is 1. The molecule has 2 atom stereocenters. The number of rotatable bonds is 8. The van der Waals surface area contributed by atoms with Crippen LogP contribution in [0.1, 0.15) is 30.2 Å². The number of carbonyl (C=O) groups is 1. The third-order valence-corrected chi connectivity index (χ3v) is 4.45. The Bertz CT molecular complexity index is 644. The van der Waals surface area contributed by atoms with Crippen LogP contribution in [0.2, 0.25) is 0 Å². The second-order valence-corrected chi connectivity index (χ2v) is 6.64. The van der Waals surface area contributed by atoms with Crippen molar-refractivity contribution in [2.24, 2.45) is 5.73 Å². The van der Waals surface area contributed by atoms with Gasteiger partial charge in [-0.25, -0.2) is 4.79 Å². The normalized spacial score (nSPS) is 13.1. The Kier molecular flexibility index (Phi) is 6.96. The van der Waals surface area contributed by atoms with Crippen molar-refractivity contribution < 1.29 is 9.53 Å². The second kappa shape index (κ2) is 9.20. The molecule has 0 radical (unpaired) electrons. The van der Waals surface area contributed by atoms with Crippen molar-refractivity contribution in [3.05, 3.63) is 59.1 Å². The van der Waals surface area contributed by atoms with Gasteiger partial charge in [0.05, 0.1) is 10.4 Å². The Morgan fingerprint density at radius 1 is 1.38 bits per heavy atom. The molecular formula is C18H23N3O2S. The van der Waals surface area contributed by atoms with Gasteiger partial charge in [-0.3, -0.25) is 4.98 Å². The summed E-state index contributed by atoms with van der Waals surface area (Å²) in [6.07, 6.45) is 2.76. The van der Waals surface area contributed by atoms with Crippen molar-refractivity contribution in [1.29, 1.82) is 0 Å². The summed E-state index contributed by atoms with van der Waals surface area (Å²) in [5.41, 5.74) is 9.87. The van der Waals surface area contributed by atoms with Crippen LogP contribution in [0.15, 0.2) is 48.6 Å². The number of nitrogens with zero attached hydrogens (tertiary/aromatic N) is 1. The Balaban J connectivity index is 1.69. The van der Waals surface area contributed by atoms with E-state index in [0.29, 0.717) is 0 Å². The molecule has 2 rings (SSSR count). The zero-order valence-electron chi connectivity index (χ0n) is 13.8. The monoisotopic (exact) mass is 345 g/mol. The first kappa shape index (κ1) is 18.2. The number of thiazole rings is 1. The van der Waals surface area contributed by atoms with E-state index in [0.717, 1.165) is 28.9 Å². The predicted octanol–water partition coefficient (Wildman–Crippen LogP) is 3.58. The van der Waals surface area contributed by atoms with Gasteiger partial charge >= 0.3 is 6.09 Å². The fourth-order valence-corrected chi connectivity index (χ4v) is 2.74.